The number of benzene rings is 2. The van der Waals surface area contributed by atoms with Crippen molar-refractivity contribution in [1.29, 1.82) is 0 Å². The highest BCUT2D eigenvalue weighted by atomic mass is 16.5. The highest BCUT2D eigenvalue weighted by Crippen LogP contribution is 2.19. The summed E-state index contributed by atoms with van der Waals surface area (Å²) in [6.07, 6.45) is 0. The molecule has 0 aliphatic carbocycles. The van der Waals surface area contributed by atoms with Crippen LogP contribution in [0.25, 0.3) is 0 Å². The zero-order valence-electron chi connectivity index (χ0n) is 13.9. The maximum absolute atomic E-state index is 12.7. The van der Waals surface area contributed by atoms with Gasteiger partial charge in [0, 0.05) is 25.2 Å². The topological polar surface area (TPSA) is 84.7 Å². The molecule has 6 heteroatoms. The number of anilines is 1. The van der Waals surface area contributed by atoms with E-state index in [0.29, 0.717) is 49.7 Å². The van der Waals surface area contributed by atoms with E-state index in [1.807, 2.05) is 12.1 Å². The van der Waals surface area contributed by atoms with Gasteiger partial charge in [-0.1, -0.05) is 24.3 Å². The molecule has 6 nitrogen and oxygen atoms in total. The van der Waals surface area contributed by atoms with Gasteiger partial charge in [0.2, 0.25) is 0 Å². The second kappa shape index (κ2) is 7.92. The van der Waals surface area contributed by atoms with E-state index >= 15 is 0 Å². The van der Waals surface area contributed by atoms with Crippen LogP contribution in [0.1, 0.15) is 26.3 Å². The number of carbonyl (C=O) groups excluding carboxylic acids is 2. The van der Waals surface area contributed by atoms with Crippen LogP contribution in [0.15, 0.2) is 48.5 Å². The van der Waals surface area contributed by atoms with Crippen LogP contribution in [0.2, 0.25) is 0 Å². The molecule has 1 saturated heterocycles. The molecular formula is C19H21N3O3. The van der Waals surface area contributed by atoms with Gasteiger partial charge in [0.25, 0.3) is 11.8 Å². The van der Waals surface area contributed by atoms with Gasteiger partial charge in [-0.3, -0.25) is 9.59 Å². The van der Waals surface area contributed by atoms with Gasteiger partial charge in [0.05, 0.1) is 24.5 Å². The van der Waals surface area contributed by atoms with Gasteiger partial charge in [-0.05, 0) is 29.8 Å². The lowest BCUT2D eigenvalue weighted by Crippen LogP contribution is -2.41. The summed E-state index contributed by atoms with van der Waals surface area (Å²) in [5.74, 6) is -0.358. The molecule has 0 unspecified atom stereocenters. The third kappa shape index (κ3) is 4.04. The van der Waals surface area contributed by atoms with Crippen LogP contribution in [-0.2, 0) is 11.3 Å². The Balaban J connectivity index is 1.77. The number of hydrogen-bond acceptors (Lipinski definition) is 4. The molecule has 3 rings (SSSR count). The lowest BCUT2D eigenvalue weighted by Gasteiger charge is -2.27. The van der Waals surface area contributed by atoms with Crippen molar-refractivity contribution in [3.63, 3.8) is 0 Å². The predicted octanol–water partition coefficient (Wildman–Crippen LogP) is 1.87. The van der Waals surface area contributed by atoms with Crippen molar-refractivity contribution in [2.75, 3.05) is 31.6 Å². The number of rotatable bonds is 4. The summed E-state index contributed by atoms with van der Waals surface area (Å²) in [5, 5.41) is 2.84. The first-order chi connectivity index (χ1) is 12.2. The van der Waals surface area contributed by atoms with Crippen molar-refractivity contribution in [3.05, 3.63) is 65.2 Å². The average molecular weight is 339 g/mol. The Morgan fingerprint density at radius 3 is 2.40 bits per heavy atom. The number of ether oxygens (including phenoxy) is 1. The third-order valence-corrected chi connectivity index (χ3v) is 4.16. The molecule has 3 N–H and O–H groups in total. The van der Waals surface area contributed by atoms with E-state index in [9.17, 15) is 9.59 Å². The minimum Gasteiger partial charge on any atom is -0.378 e. The highest BCUT2D eigenvalue weighted by Gasteiger charge is 2.21. The summed E-state index contributed by atoms with van der Waals surface area (Å²) in [6, 6.07) is 14.1. The van der Waals surface area contributed by atoms with E-state index in [2.05, 4.69) is 5.32 Å². The Hall–Kier alpha value is -2.70. The van der Waals surface area contributed by atoms with Crippen molar-refractivity contribution in [2.45, 2.75) is 6.54 Å². The maximum Gasteiger partial charge on any atom is 0.256 e. The molecule has 0 aromatic heterocycles. The fourth-order valence-corrected chi connectivity index (χ4v) is 2.70. The van der Waals surface area contributed by atoms with Crippen LogP contribution in [0.4, 0.5) is 5.69 Å². The molecule has 1 aliphatic heterocycles. The van der Waals surface area contributed by atoms with Crippen LogP contribution in [0.5, 0.6) is 0 Å². The first kappa shape index (κ1) is 17.1. The molecule has 0 saturated carbocycles. The van der Waals surface area contributed by atoms with Crippen molar-refractivity contribution in [1.82, 2.24) is 4.90 Å². The van der Waals surface area contributed by atoms with Crippen LogP contribution in [-0.4, -0.2) is 43.0 Å². The Morgan fingerprint density at radius 1 is 1.04 bits per heavy atom. The number of nitrogens with two attached hydrogens (primary N) is 1. The Kier molecular flexibility index (Phi) is 5.42. The summed E-state index contributed by atoms with van der Waals surface area (Å²) in [6.45, 7) is 2.61. The van der Waals surface area contributed by atoms with Gasteiger partial charge < -0.3 is 20.7 Å². The summed E-state index contributed by atoms with van der Waals surface area (Å²) < 4.78 is 5.28. The van der Waals surface area contributed by atoms with Crippen LogP contribution >= 0.6 is 0 Å². The highest BCUT2D eigenvalue weighted by molar-refractivity contribution is 6.09. The second-order valence-electron chi connectivity index (χ2n) is 5.81. The summed E-state index contributed by atoms with van der Waals surface area (Å²) >= 11 is 0. The Morgan fingerprint density at radius 2 is 1.72 bits per heavy atom. The number of carbonyl (C=O) groups is 2. The molecule has 1 aliphatic rings. The number of nitrogens with one attached hydrogen (secondary N) is 1. The molecule has 2 amide bonds. The predicted molar refractivity (Wildman–Crippen MR) is 95.5 cm³/mol. The zero-order valence-corrected chi connectivity index (χ0v) is 13.9. The van der Waals surface area contributed by atoms with E-state index in [1.54, 1.807) is 41.3 Å². The van der Waals surface area contributed by atoms with E-state index < -0.39 is 0 Å². The molecule has 0 atom stereocenters. The minimum atomic E-state index is -0.259. The molecule has 2 aromatic rings. The van der Waals surface area contributed by atoms with Gasteiger partial charge >= 0.3 is 0 Å². The average Bonchev–Trinajstić information content (AvgIpc) is 2.68. The molecular weight excluding hydrogens is 318 g/mol. The van der Waals surface area contributed by atoms with Crippen molar-refractivity contribution < 1.29 is 14.3 Å². The summed E-state index contributed by atoms with van der Waals surface area (Å²) in [4.78, 5) is 26.9. The van der Waals surface area contributed by atoms with Crippen molar-refractivity contribution in [2.24, 2.45) is 5.73 Å². The molecule has 0 bridgehead atoms. The fraction of sp³-hybridized carbons (Fsp3) is 0.263. The SMILES string of the molecule is NCc1ccc(C(=O)Nc2ccccc2C(=O)N2CCOCC2)cc1. The minimum absolute atomic E-state index is 0.0994. The molecule has 0 radical (unpaired) electrons. The van der Waals surface area contributed by atoms with E-state index in [1.165, 1.54) is 0 Å². The second-order valence-corrected chi connectivity index (χ2v) is 5.81. The molecule has 25 heavy (non-hydrogen) atoms. The summed E-state index contributed by atoms with van der Waals surface area (Å²) in [7, 11) is 0. The van der Waals surface area contributed by atoms with Crippen LogP contribution < -0.4 is 11.1 Å². The Labute approximate surface area is 146 Å². The van der Waals surface area contributed by atoms with Gasteiger partial charge in [0.15, 0.2) is 0 Å². The normalized spacial score (nSPS) is 14.2. The first-order valence-corrected chi connectivity index (χ1v) is 8.25. The maximum atomic E-state index is 12.7. The third-order valence-electron chi connectivity index (χ3n) is 4.16. The zero-order chi connectivity index (χ0) is 17.6. The van der Waals surface area contributed by atoms with E-state index in [-0.39, 0.29) is 11.8 Å². The molecule has 2 aromatic carbocycles. The quantitative estimate of drug-likeness (QED) is 0.890. The van der Waals surface area contributed by atoms with Crippen molar-refractivity contribution >= 4 is 17.5 Å². The van der Waals surface area contributed by atoms with E-state index in [4.69, 9.17) is 10.5 Å². The first-order valence-electron chi connectivity index (χ1n) is 8.25. The number of amides is 2. The Bertz CT molecular complexity index is 753. The lowest BCUT2D eigenvalue weighted by molar-refractivity contribution is 0.0303. The molecule has 130 valence electrons. The smallest absolute Gasteiger partial charge is 0.256 e. The van der Waals surface area contributed by atoms with Gasteiger partial charge in [0.1, 0.15) is 0 Å². The van der Waals surface area contributed by atoms with Crippen LogP contribution in [0, 0.1) is 0 Å². The van der Waals surface area contributed by atoms with E-state index in [0.717, 1.165) is 5.56 Å². The lowest BCUT2D eigenvalue weighted by atomic mass is 10.1. The molecule has 1 fully saturated rings. The van der Waals surface area contributed by atoms with Gasteiger partial charge in [-0.15, -0.1) is 0 Å². The molecule has 1 heterocycles. The largest absolute Gasteiger partial charge is 0.378 e. The monoisotopic (exact) mass is 339 g/mol. The summed E-state index contributed by atoms with van der Waals surface area (Å²) in [5.41, 5.74) is 8.04. The molecule has 0 spiro atoms. The number of para-hydroxylation sites is 1. The fourth-order valence-electron chi connectivity index (χ4n) is 2.70. The number of hydrogen-bond donors (Lipinski definition) is 2. The van der Waals surface area contributed by atoms with Gasteiger partial charge in [-0.2, -0.15) is 0 Å². The van der Waals surface area contributed by atoms with Crippen molar-refractivity contribution in [3.8, 4) is 0 Å². The number of morpholine rings is 1. The van der Waals surface area contributed by atoms with Gasteiger partial charge in [-0.25, -0.2) is 0 Å². The standard InChI is InChI=1S/C19H21N3O3/c20-13-14-5-7-15(8-6-14)18(23)21-17-4-2-1-3-16(17)19(24)22-9-11-25-12-10-22/h1-8H,9-13,20H2,(H,21,23). The van der Waals surface area contributed by atoms with Crippen LogP contribution in [0.3, 0.4) is 0 Å². The number of nitrogens with zero attached hydrogens (tertiary/aromatic N) is 1.